The highest BCUT2D eigenvalue weighted by atomic mass is 16.3. The van der Waals surface area contributed by atoms with Crippen LogP contribution in [0.2, 0.25) is 0 Å². The molecule has 0 aromatic heterocycles. The molecule has 4 N–H and O–H groups in total. The Bertz CT molecular complexity index is 65.5. The van der Waals surface area contributed by atoms with Crippen molar-refractivity contribution in [3.63, 3.8) is 0 Å². The Morgan fingerprint density at radius 3 is 2.56 bits per heavy atom. The van der Waals surface area contributed by atoms with Gasteiger partial charge in [-0.05, 0) is 20.0 Å². The Kier molecular flexibility index (Phi) is 3.77. The highest BCUT2D eigenvalue weighted by Gasteiger charge is 2.15. The minimum Gasteiger partial charge on any atom is -0.376 e. The van der Waals surface area contributed by atoms with Gasteiger partial charge in [-0.25, -0.2) is 0 Å². The topological polar surface area (TPSA) is 58.3 Å². The summed E-state index contributed by atoms with van der Waals surface area (Å²) in [5.41, 5.74) is 4.47. The van der Waals surface area contributed by atoms with Crippen LogP contribution in [-0.4, -0.2) is 23.9 Å². The monoisotopic (exact) mass is 132 g/mol. The van der Waals surface area contributed by atoms with Gasteiger partial charge >= 0.3 is 0 Å². The molecule has 0 amide bonds. The Morgan fingerprint density at radius 1 is 1.67 bits per heavy atom. The minimum absolute atomic E-state index is 0.514. The molecule has 0 aliphatic rings. The summed E-state index contributed by atoms with van der Waals surface area (Å²) in [5.74, 6) is 0. The molecule has 0 bridgehead atoms. The lowest BCUT2D eigenvalue weighted by Gasteiger charge is -2.22. The van der Waals surface area contributed by atoms with Crippen LogP contribution in [0.3, 0.4) is 0 Å². The zero-order valence-electron chi connectivity index (χ0n) is 6.15. The number of rotatable bonds is 4. The molecule has 3 heteroatoms. The summed E-state index contributed by atoms with van der Waals surface area (Å²) < 4.78 is 0. The van der Waals surface area contributed by atoms with Gasteiger partial charge in [0.25, 0.3) is 0 Å². The maximum atomic E-state index is 9.32. The van der Waals surface area contributed by atoms with Gasteiger partial charge in [0, 0.05) is 6.42 Å². The molecule has 1 atom stereocenters. The highest BCUT2D eigenvalue weighted by Crippen LogP contribution is 2.00. The first-order valence-corrected chi connectivity index (χ1v) is 3.30. The SMILES string of the molecule is CCNC(C)(O)CCN. The molecule has 0 saturated carbocycles. The van der Waals surface area contributed by atoms with Crippen molar-refractivity contribution >= 4 is 0 Å². The summed E-state index contributed by atoms with van der Waals surface area (Å²) in [5, 5.41) is 12.2. The fourth-order valence-electron chi connectivity index (χ4n) is 0.750. The second-order valence-corrected chi connectivity index (χ2v) is 2.34. The van der Waals surface area contributed by atoms with E-state index in [1.54, 1.807) is 6.92 Å². The largest absolute Gasteiger partial charge is 0.376 e. The smallest absolute Gasteiger partial charge is 0.114 e. The van der Waals surface area contributed by atoms with Gasteiger partial charge in [-0.2, -0.15) is 0 Å². The second kappa shape index (κ2) is 3.82. The van der Waals surface area contributed by atoms with E-state index in [0.29, 0.717) is 13.0 Å². The zero-order valence-corrected chi connectivity index (χ0v) is 6.15. The van der Waals surface area contributed by atoms with E-state index >= 15 is 0 Å². The molecular weight excluding hydrogens is 116 g/mol. The number of hydrogen-bond acceptors (Lipinski definition) is 3. The summed E-state index contributed by atoms with van der Waals surface area (Å²) >= 11 is 0. The van der Waals surface area contributed by atoms with Gasteiger partial charge in [0.05, 0.1) is 0 Å². The summed E-state index contributed by atoms with van der Waals surface area (Å²) in [6, 6.07) is 0. The van der Waals surface area contributed by atoms with Crippen LogP contribution in [0.4, 0.5) is 0 Å². The van der Waals surface area contributed by atoms with Crippen LogP contribution in [0.5, 0.6) is 0 Å². The van der Waals surface area contributed by atoms with Crippen LogP contribution in [0.15, 0.2) is 0 Å². The van der Waals surface area contributed by atoms with E-state index in [1.807, 2.05) is 6.92 Å². The van der Waals surface area contributed by atoms with Crippen molar-refractivity contribution in [1.82, 2.24) is 5.32 Å². The Hall–Kier alpha value is -0.120. The number of aliphatic hydroxyl groups is 1. The first kappa shape index (κ1) is 8.88. The van der Waals surface area contributed by atoms with E-state index in [1.165, 1.54) is 0 Å². The van der Waals surface area contributed by atoms with Crippen molar-refractivity contribution in [2.45, 2.75) is 26.0 Å². The zero-order chi connectivity index (χ0) is 7.33. The lowest BCUT2D eigenvalue weighted by molar-refractivity contribution is 0.0200. The summed E-state index contributed by atoms with van der Waals surface area (Å²) in [4.78, 5) is 0. The molecular formula is C6H16N2O. The maximum absolute atomic E-state index is 9.32. The fourth-order valence-corrected chi connectivity index (χ4v) is 0.750. The van der Waals surface area contributed by atoms with Crippen molar-refractivity contribution in [3.05, 3.63) is 0 Å². The molecule has 0 rings (SSSR count). The summed E-state index contributed by atoms with van der Waals surface area (Å²) in [6.07, 6.45) is 0.598. The molecule has 0 radical (unpaired) electrons. The van der Waals surface area contributed by atoms with Gasteiger partial charge in [-0.3, -0.25) is 5.32 Å². The van der Waals surface area contributed by atoms with E-state index in [4.69, 9.17) is 5.73 Å². The lowest BCUT2D eigenvalue weighted by atomic mass is 10.2. The number of nitrogens with one attached hydrogen (secondary N) is 1. The van der Waals surface area contributed by atoms with Crippen molar-refractivity contribution in [3.8, 4) is 0 Å². The molecule has 0 aromatic carbocycles. The second-order valence-electron chi connectivity index (χ2n) is 2.34. The van der Waals surface area contributed by atoms with E-state index in [9.17, 15) is 5.11 Å². The van der Waals surface area contributed by atoms with E-state index in [2.05, 4.69) is 5.32 Å². The number of nitrogens with two attached hydrogens (primary N) is 1. The third-order valence-electron chi connectivity index (χ3n) is 1.19. The van der Waals surface area contributed by atoms with Crippen molar-refractivity contribution < 1.29 is 5.11 Å². The molecule has 56 valence electrons. The Morgan fingerprint density at radius 2 is 2.22 bits per heavy atom. The van der Waals surface area contributed by atoms with Crippen LogP contribution in [0.1, 0.15) is 20.3 Å². The summed E-state index contributed by atoms with van der Waals surface area (Å²) in [7, 11) is 0. The molecule has 9 heavy (non-hydrogen) atoms. The molecule has 0 saturated heterocycles. The van der Waals surface area contributed by atoms with E-state index in [-0.39, 0.29) is 0 Å². The molecule has 1 unspecified atom stereocenters. The Balaban J connectivity index is 3.43. The molecule has 0 fully saturated rings. The average Bonchev–Trinajstić information content (AvgIpc) is 1.64. The van der Waals surface area contributed by atoms with Crippen LogP contribution in [-0.2, 0) is 0 Å². The summed E-state index contributed by atoms with van der Waals surface area (Å²) in [6.45, 7) is 4.96. The van der Waals surface area contributed by atoms with E-state index in [0.717, 1.165) is 6.54 Å². The quantitative estimate of drug-likeness (QED) is 0.458. The van der Waals surface area contributed by atoms with E-state index < -0.39 is 5.72 Å². The molecule has 3 nitrogen and oxygen atoms in total. The van der Waals surface area contributed by atoms with Gasteiger partial charge in [0.1, 0.15) is 5.72 Å². The van der Waals surface area contributed by atoms with Gasteiger partial charge in [-0.1, -0.05) is 6.92 Å². The average molecular weight is 132 g/mol. The fraction of sp³-hybridized carbons (Fsp3) is 1.00. The van der Waals surface area contributed by atoms with Gasteiger partial charge < -0.3 is 10.8 Å². The van der Waals surface area contributed by atoms with Crippen molar-refractivity contribution in [2.24, 2.45) is 5.73 Å². The lowest BCUT2D eigenvalue weighted by Crippen LogP contribution is -2.43. The van der Waals surface area contributed by atoms with Crippen LogP contribution in [0, 0.1) is 0 Å². The van der Waals surface area contributed by atoms with Crippen LogP contribution >= 0.6 is 0 Å². The molecule has 0 spiro atoms. The predicted molar refractivity (Wildman–Crippen MR) is 38.0 cm³/mol. The van der Waals surface area contributed by atoms with Gasteiger partial charge in [-0.15, -0.1) is 0 Å². The predicted octanol–water partition coefficient (Wildman–Crippen LogP) is -0.347. The standard InChI is InChI=1S/C6H16N2O/c1-3-8-6(2,9)4-5-7/h8-9H,3-5,7H2,1-2H3. The minimum atomic E-state index is -0.774. The maximum Gasteiger partial charge on any atom is 0.114 e. The third-order valence-corrected chi connectivity index (χ3v) is 1.19. The number of hydrogen-bond donors (Lipinski definition) is 3. The first-order chi connectivity index (χ1) is 4.12. The Labute approximate surface area is 56.2 Å². The van der Waals surface area contributed by atoms with Crippen molar-refractivity contribution in [1.29, 1.82) is 0 Å². The van der Waals surface area contributed by atoms with Crippen molar-refractivity contribution in [2.75, 3.05) is 13.1 Å². The molecule has 0 heterocycles. The highest BCUT2D eigenvalue weighted by molar-refractivity contribution is 4.67. The van der Waals surface area contributed by atoms with Crippen LogP contribution < -0.4 is 11.1 Å². The third kappa shape index (κ3) is 4.39. The first-order valence-electron chi connectivity index (χ1n) is 3.30. The van der Waals surface area contributed by atoms with Gasteiger partial charge in [0.15, 0.2) is 0 Å². The van der Waals surface area contributed by atoms with Crippen LogP contribution in [0.25, 0.3) is 0 Å². The molecule has 0 aliphatic heterocycles. The molecule has 0 aromatic rings. The van der Waals surface area contributed by atoms with Gasteiger partial charge in [0.2, 0.25) is 0 Å². The normalized spacial score (nSPS) is 17.3. The molecule has 0 aliphatic carbocycles.